The normalized spacial score (nSPS) is 12.1. The maximum atomic E-state index is 6.26. The van der Waals surface area contributed by atoms with Gasteiger partial charge >= 0.3 is 0 Å². The van der Waals surface area contributed by atoms with Crippen LogP contribution in [0.4, 0.5) is 5.82 Å². The summed E-state index contributed by atoms with van der Waals surface area (Å²) in [4.78, 5) is 8.77. The second-order valence-electron chi connectivity index (χ2n) is 5.46. The van der Waals surface area contributed by atoms with Gasteiger partial charge < -0.3 is 14.9 Å². The Balaban J connectivity index is 2.62. The predicted octanol–water partition coefficient (Wildman–Crippen LogP) is 2.41. The van der Waals surface area contributed by atoms with E-state index in [1.807, 2.05) is 17.7 Å². The Labute approximate surface area is 108 Å². The highest BCUT2D eigenvalue weighted by Crippen LogP contribution is 2.30. The van der Waals surface area contributed by atoms with Crippen LogP contribution in [0.5, 0.6) is 0 Å². The number of rotatable bonds is 2. The number of hydrogen-bond acceptors (Lipinski definition) is 3. The average molecular weight is 247 g/mol. The second kappa shape index (κ2) is 4.15. The SMILES string of the molecule is CCn1cncc1-c1nc(C)n(C(C)(C)C)c1N. The van der Waals surface area contributed by atoms with Crippen molar-refractivity contribution in [2.75, 3.05) is 5.73 Å². The molecule has 0 unspecified atom stereocenters. The molecule has 0 saturated carbocycles. The minimum atomic E-state index is -0.0729. The molecule has 0 amide bonds. The molecule has 2 aromatic rings. The highest BCUT2D eigenvalue weighted by atomic mass is 15.2. The maximum Gasteiger partial charge on any atom is 0.133 e. The first-order valence-corrected chi connectivity index (χ1v) is 6.22. The molecule has 0 aliphatic heterocycles. The monoisotopic (exact) mass is 247 g/mol. The molecule has 2 rings (SSSR count). The van der Waals surface area contributed by atoms with E-state index in [2.05, 4.69) is 42.2 Å². The molecule has 2 aromatic heterocycles. The Kier molecular flexibility index (Phi) is 2.92. The summed E-state index contributed by atoms with van der Waals surface area (Å²) in [6.07, 6.45) is 3.62. The van der Waals surface area contributed by atoms with Crippen molar-refractivity contribution in [3.05, 3.63) is 18.3 Å². The minimum Gasteiger partial charge on any atom is -0.383 e. The first-order valence-electron chi connectivity index (χ1n) is 6.22. The van der Waals surface area contributed by atoms with Gasteiger partial charge in [-0.05, 0) is 34.6 Å². The van der Waals surface area contributed by atoms with Gasteiger partial charge in [-0.15, -0.1) is 0 Å². The van der Waals surface area contributed by atoms with Crippen LogP contribution in [-0.4, -0.2) is 19.1 Å². The van der Waals surface area contributed by atoms with Gasteiger partial charge in [-0.1, -0.05) is 0 Å². The lowest BCUT2D eigenvalue weighted by atomic mass is 10.1. The van der Waals surface area contributed by atoms with E-state index in [1.165, 1.54) is 0 Å². The molecular formula is C13H21N5. The predicted molar refractivity (Wildman–Crippen MR) is 73.3 cm³/mol. The van der Waals surface area contributed by atoms with Gasteiger partial charge in [-0.2, -0.15) is 0 Å². The fraction of sp³-hybridized carbons (Fsp3) is 0.538. The molecule has 5 nitrogen and oxygen atoms in total. The molecule has 18 heavy (non-hydrogen) atoms. The van der Waals surface area contributed by atoms with Crippen LogP contribution in [0.2, 0.25) is 0 Å². The number of hydrogen-bond donors (Lipinski definition) is 1. The van der Waals surface area contributed by atoms with Crippen molar-refractivity contribution in [2.24, 2.45) is 0 Å². The number of nitrogens with zero attached hydrogens (tertiary/aromatic N) is 4. The Bertz CT molecular complexity index is 556. The fourth-order valence-corrected chi connectivity index (χ4v) is 2.35. The third-order valence-corrected chi connectivity index (χ3v) is 3.05. The van der Waals surface area contributed by atoms with Crippen molar-refractivity contribution in [1.29, 1.82) is 0 Å². The van der Waals surface area contributed by atoms with E-state index >= 15 is 0 Å². The quantitative estimate of drug-likeness (QED) is 0.886. The van der Waals surface area contributed by atoms with Crippen LogP contribution in [0.3, 0.4) is 0 Å². The Morgan fingerprint density at radius 1 is 1.33 bits per heavy atom. The molecule has 0 aliphatic carbocycles. The van der Waals surface area contributed by atoms with Crippen molar-refractivity contribution in [2.45, 2.75) is 46.7 Å². The summed E-state index contributed by atoms with van der Waals surface area (Å²) < 4.78 is 4.11. The Hall–Kier alpha value is -1.78. The minimum absolute atomic E-state index is 0.0729. The first-order chi connectivity index (χ1) is 8.36. The summed E-state index contributed by atoms with van der Waals surface area (Å²) in [6, 6.07) is 0. The Morgan fingerprint density at radius 2 is 2.00 bits per heavy atom. The van der Waals surface area contributed by atoms with Crippen molar-refractivity contribution < 1.29 is 0 Å². The molecule has 0 fully saturated rings. The van der Waals surface area contributed by atoms with Gasteiger partial charge in [-0.3, -0.25) is 0 Å². The van der Waals surface area contributed by atoms with E-state index in [0.29, 0.717) is 5.82 Å². The summed E-state index contributed by atoms with van der Waals surface area (Å²) in [5, 5.41) is 0. The number of anilines is 1. The average Bonchev–Trinajstić information content (AvgIpc) is 2.80. The van der Waals surface area contributed by atoms with Gasteiger partial charge in [0.2, 0.25) is 0 Å². The van der Waals surface area contributed by atoms with Gasteiger partial charge in [0.1, 0.15) is 17.3 Å². The van der Waals surface area contributed by atoms with Crippen molar-refractivity contribution >= 4 is 5.82 Å². The summed E-state index contributed by atoms with van der Waals surface area (Å²) in [5.74, 6) is 1.63. The molecule has 2 heterocycles. The Morgan fingerprint density at radius 3 is 2.50 bits per heavy atom. The van der Waals surface area contributed by atoms with Crippen LogP contribution in [0.1, 0.15) is 33.5 Å². The van der Waals surface area contributed by atoms with Crippen molar-refractivity contribution in [1.82, 2.24) is 19.1 Å². The molecule has 0 atom stereocenters. The van der Waals surface area contributed by atoms with E-state index in [1.54, 1.807) is 6.33 Å². The molecule has 98 valence electrons. The van der Waals surface area contributed by atoms with E-state index in [9.17, 15) is 0 Å². The fourth-order valence-electron chi connectivity index (χ4n) is 2.35. The smallest absolute Gasteiger partial charge is 0.133 e. The molecule has 0 saturated heterocycles. The second-order valence-corrected chi connectivity index (χ2v) is 5.46. The highest BCUT2D eigenvalue weighted by molar-refractivity contribution is 5.68. The number of nitrogens with two attached hydrogens (primary N) is 1. The third kappa shape index (κ3) is 1.89. The largest absolute Gasteiger partial charge is 0.383 e. The van der Waals surface area contributed by atoms with E-state index in [-0.39, 0.29) is 5.54 Å². The number of aryl methyl sites for hydroxylation is 2. The topological polar surface area (TPSA) is 61.7 Å². The third-order valence-electron chi connectivity index (χ3n) is 3.05. The summed E-state index contributed by atoms with van der Waals surface area (Å²) in [7, 11) is 0. The van der Waals surface area contributed by atoms with Crippen LogP contribution in [0, 0.1) is 6.92 Å². The van der Waals surface area contributed by atoms with Crippen LogP contribution in [0.25, 0.3) is 11.4 Å². The standard InChI is InChI=1S/C13H21N5/c1-6-17-8-15-7-10(17)11-12(14)18(9(2)16-11)13(3,4)5/h7-8H,6,14H2,1-5H3. The van der Waals surface area contributed by atoms with Crippen LogP contribution < -0.4 is 5.73 Å². The molecule has 0 radical (unpaired) electrons. The summed E-state index contributed by atoms with van der Waals surface area (Å²) >= 11 is 0. The van der Waals surface area contributed by atoms with Gasteiger partial charge in [0, 0.05) is 12.1 Å². The van der Waals surface area contributed by atoms with E-state index in [4.69, 9.17) is 5.73 Å². The van der Waals surface area contributed by atoms with E-state index in [0.717, 1.165) is 23.8 Å². The summed E-state index contributed by atoms with van der Waals surface area (Å²) in [6.45, 7) is 11.3. The molecule has 0 bridgehead atoms. The first kappa shape index (κ1) is 12.7. The lowest BCUT2D eigenvalue weighted by Gasteiger charge is -2.24. The number of imidazole rings is 2. The molecule has 2 N–H and O–H groups in total. The molecule has 0 aromatic carbocycles. The molecule has 0 aliphatic rings. The van der Waals surface area contributed by atoms with Gasteiger partial charge in [0.05, 0.1) is 18.2 Å². The van der Waals surface area contributed by atoms with Crippen molar-refractivity contribution in [3.8, 4) is 11.4 Å². The molecular weight excluding hydrogens is 226 g/mol. The van der Waals surface area contributed by atoms with Gasteiger partial charge in [0.25, 0.3) is 0 Å². The van der Waals surface area contributed by atoms with Gasteiger partial charge in [0.15, 0.2) is 0 Å². The summed E-state index contributed by atoms with van der Waals surface area (Å²) in [5.41, 5.74) is 7.99. The maximum absolute atomic E-state index is 6.26. The molecule has 0 spiro atoms. The zero-order valence-electron chi connectivity index (χ0n) is 11.7. The zero-order chi connectivity index (χ0) is 13.5. The number of aromatic nitrogens is 4. The van der Waals surface area contributed by atoms with Crippen LogP contribution >= 0.6 is 0 Å². The van der Waals surface area contributed by atoms with E-state index < -0.39 is 0 Å². The lowest BCUT2D eigenvalue weighted by molar-refractivity contribution is 0.393. The zero-order valence-corrected chi connectivity index (χ0v) is 11.7. The van der Waals surface area contributed by atoms with Crippen LogP contribution in [0.15, 0.2) is 12.5 Å². The van der Waals surface area contributed by atoms with Crippen molar-refractivity contribution in [3.63, 3.8) is 0 Å². The highest BCUT2D eigenvalue weighted by Gasteiger charge is 2.23. The molecule has 5 heteroatoms. The van der Waals surface area contributed by atoms with Gasteiger partial charge in [-0.25, -0.2) is 9.97 Å². The number of nitrogen functional groups attached to an aromatic ring is 1. The van der Waals surface area contributed by atoms with Crippen LogP contribution in [-0.2, 0) is 12.1 Å². The lowest BCUT2D eigenvalue weighted by Crippen LogP contribution is -2.24.